The third-order valence-electron chi connectivity index (χ3n) is 5.34. The number of ether oxygens (including phenoxy) is 1. The van der Waals surface area contributed by atoms with E-state index in [0.717, 1.165) is 46.7 Å². The highest BCUT2D eigenvalue weighted by molar-refractivity contribution is 7.79. The van der Waals surface area contributed by atoms with Crippen LogP contribution in [0.3, 0.4) is 0 Å². The van der Waals surface area contributed by atoms with Crippen molar-refractivity contribution in [1.82, 2.24) is 9.55 Å². The van der Waals surface area contributed by atoms with Crippen molar-refractivity contribution in [2.45, 2.75) is 31.4 Å². The fourth-order valence-electron chi connectivity index (χ4n) is 3.69. The number of aromatic nitrogens is 2. The largest absolute Gasteiger partial charge is 0.494 e. The van der Waals surface area contributed by atoms with Gasteiger partial charge < -0.3 is 9.84 Å². The number of unbranched alkanes of at least 4 members (excludes halogenated alkanes) is 2. The van der Waals surface area contributed by atoms with Crippen molar-refractivity contribution in [3.8, 4) is 22.8 Å². The van der Waals surface area contributed by atoms with Crippen LogP contribution in [0.4, 0.5) is 0 Å². The molecule has 1 heterocycles. The number of carboxylic acids is 1. The van der Waals surface area contributed by atoms with Crippen molar-refractivity contribution < 1.29 is 14.6 Å². The van der Waals surface area contributed by atoms with Crippen molar-refractivity contribution >= 4 is 29.6 Å². The minimum absolute atomic E-state index is 0.209. The number of fused-ring (bicyclic) bond motifs is 1. The highest BCUT2D eigenvalue weighted by Gasteiger charge is 2.15. The Kier molecular flexibility index (Phi) is 7.12. The first-order valence-corrected chi connectivity index (χ1v) is 11.4. The van der Waals surface area contributed by atoms with Gasteiger partial charge in [-0.3, -0.25) is 9.36 Å². The van der Waals surface area contributed by atoms with E-state index in [-0.39, 0.29) is 6.42 Å². The summed E-state index contributed by atoms with van der Waals surface area (Å²) in [7, 11) is 0. The first-order valence-electron chi connectivity index (χ1n) is 10.8. The molecule has 0 saturated carbocycles. The molecule has 1 aromatic heterocycles. The molecule has 0 fully saturated rings. The van der Waals surface area contributed by atoms with Crippen molar-refractivity contribution in [3.63, 3.8) is 0 Å². The van der Waals surface area contributed by atoms with Crippen molar-refractivity contribution in [2.24, 2.45) is 0 Å². The minimum Gasteiger partial charge on any atom is -0.494 e. The number of thiol groups is 1. The summed E-state index contributed by atoms with van der Waals surface area (Å²) in [5, 5.41) is 8.72. The van der Waals surface area contributed by atoms with Gasteiger partial charge >= 0.3 is 5.97 Å². The topological polar surface area (TPSA) is 64.3 Å². The highest BCUT2D eigenvalue weighted by atomic mass is 32.1. The molecule has 0 saturated heterocycles. The van der Waals surface area contributed by atoms with E-state index in [2.05, 4.69) is 53.6 Å². The smallest absolute Gasteiger partial charge is 0.303 e. The van der Waals surface area contributed by atoms with E-state index in [1.165, 1.54) is 5.56 Å². The molecular formula is C26H26N2O3S. The van der Waals surface area contributed by atoms with Gasteiger partial charge in [0.15, 0.2) is 0 Å². The predicted octanol–water partition coefficient (Wildman–Crippen LogP) is 6.15. The van der Waals surface area contributed by atoms with E-state index in [0.29, 0.717) is 18.8 Å². The van der Waals surface area contributed by atoms with Crippen molar-refractivity contribution in [1.29, 1.82) is 0 Å². The zero-order valence-corrected chi connectivity index (χ0v) is 18.7. The summed E-state index contributed by atoms with van der Waals surface area (Å²) in [5.41, 5.74) is 5.13. The van der Waals surface area contributed by atoms with E-state index < -0.39 is 5.97 Å². The average Bonchev–Trinajstić information content (AvgIpc) is 3.20. The second kappa shape index (κ2) is 10.4. The van der Waals surface area contributed by atoms with Crippen molar-refractivity contribution in [2.75, 3.05) is 6.61 Å². The molecule has 0 atom stereocenters. The average molecular weight is 447 g/mol. The maximum absolute atomic E-state index is 10.6. The molecule has 0 unspecified atom stereocenters. The second-order valence-corrected chi connectivity index (χ2v) is 7.98. The van der Waals surface area contributed by atoms with Gasteiger partial charge in [0.1, 0.15) is 11.6 Å². The van der Waals surface area contributed by atoms with Gasteiger partial charge in [-0.05, 0) is 49.1 Å². The molecule has 0 aliphatic carbocycles. The molecule has 0 aliphatic heterocycles. The van der Waals surface area contributed by atoms with E-state index in [9.17, 15) is 4.79 Å². The van der Waals surface area contributed by atoms with Crippen LogP contribution in [0.25, 0.3) is 28.1 Å². The first-order chi connectivity index (χ1) is 15.7. The molecule has 0 spiro atoms. The lowest BCUT2D eigenvalue weighted by atomic mass is 10.2. The third kappa shape index (κ3) is 5.14. The van der Waals surface area contributed by atoms with Crippen LogP contribution in [0.1, 0.15) is 31.2 Å². The Bertz CT molecular complexity index is 1190. The Balaban J connectivity index is 1.61. The monoisotopic (exact) mass is 446 g/mol. The SMILES string of the molecule is O=C(O)CCCCCOc1ccc2c(c1)nc(-c1ccccc1)n2-c1ccc(CS)cc1. The van der Waals surface area contributed by atoms with E-state index >= 15 is 0 Å². The summed E-state index contributed by atoms with van der Waals surface area (Å²) in [6.45, 7) is 0.558. The van der Waals surface area contributed by atoms with Crippen molar-refractivity contribution in [3.05, 3.63) is 78.4 Å². The van der Waals surface area contributed by atoms with Crippen LogP contribution in [-0.4, -0.2) is 27.2 Å². The Labute approximate surface area is 193 Å². The Morgan fingerprint density at radius 1 is 0.969 bits per heavy atom. The zero-order valence-electron chi connectivity index (χ0n) is 17.8. The van der Waals surface area contributed by atoms with Gasteiger partial charge in [0.05, 0.1) is 17.6 Å². The maximum Gasteiger partial charge on any atom is 0.303 e. The maximum atomic E-state index is 10.6. The normalized spacial score (nSPS) is 11.0. The van der Waals surface area contributed by atoms with Gasteiger partial charge in [0.2, 0.25) is 0 Å². The molecule has 3 aromatic carbocycles. The van der Waals surface area contributed by atoms with Crippen LogP contribution >= 0.6 is 12.6 Å². The molecule has 164 valence electrons. The fourth-order valence-corrected chi connectivity index (χ4v) is 3.90. The number of carbonyl (C=O) groups is 1. The standard InChI is InChI=1S/C26H26N2O3S/c29-25(30)9-5-2-6-16-31-22-14-15-24-23(17-22)27-26(20-7-3-1-4-8-20)28(24)21-12-10-19(18-32)11-13-21/h1,3-4,7-8,10-15,17,32H,2,5-6,9,16,18H2,(H,29,30). The number of imidazole rings is 1. The lowest BCUT2D eigenvalue weighted by Gasteiger charge is -2.11. The fraction of sp³-hybridized carbons (Fsp3) is 0.231. The number of hydrogen-bond acceptors (Lipinski definition) is 4. The van der Waals surface area contributed by atoms with Crippen LogP contribution in [0, 0.1) is 0 Å². The van der Waals surface area contributed by atoms with Gasteiger partial charge in [0, 0.05) is 29.5 Å². The number of aliphatic carboxylic acids is 1. The molecular weight excluding hydrogens is 420 g/mol. The van der Waals surface area contributed by atoms with E-state index in [4.69, 9.17) is 14.8 Å². The summed E-state index contributed by atoms with van der Waals surface area (Å²) < 4.78 is 8.08. The van der Waals surface area contributed by atoms with E-state index in [1.54, 1.807) is 0 Å². The van der Waals surface area contributed by atoms with Gasteiger partial charge in [0.25, 0.3) is 0 Å². The van der Waals surface area contributed by atoms with Crippen LogP contribution in [0.15, 0.2) is 72.8 Å². The minimum atomic E-state index is -0.749. The summed E-state index contributed by atoms with van der Waals surface area (Å²) in [6, 6.07) is 24.5. The summed E-state index contributed by atoms with van der Waals surface area (Å²) in [5.74, 6) is 1.60. The Hall–Kier alpha value is -3.25. The first kappa shape index (κ1) is 22.0. The molecule has 0 amide bonds. The summed E-state index contributed by atoms with van der Waals surface area (Å²) in [6.07, 6.45) is 2.55. The second-order valence-electron chi connectivity index (χ2n) is 7.66. The third-order valence-corrected chi connectivity index (χ3v) is 5.70. The lowest BCUT2D eigenvalue weighted by molar-refractivity contribution is -0.137. The molecule has 32 heavy (non-hydrogen) atoms. The molecule has 6 heteroatoms. The Morgan fingerprint density at radius 2 is 1.75 bits per heavy atom. The number of nitrogens with zero attached hydrogens (tertiary/aromatic N) is 2. The van der Waals surface area contributed by atoms with Crippen LogP contribution < -0.4 is 4.74 Å². The zero-order chi connectivity index (χ0) is 22.3. The highest BCUT2D eigenvalue weighted by Crippen LogP contribution is 2.31. The molecule has 0 radical (unpaired) electrons. The molecule has 1 N–H and O–H groups in total. The molecule has 0 aliphatic rings. The van der Waals surface area contributed by atoms with Crippen LogP contribution in [0.5, 0.6) is 5.75 Å². The van der Waals surface area contributed by atoms with Gasteiger partial charge in [-0.15, -0.1) is 0 Å². The number of hydrogen-bond donors (Lipinski definition) is 2. The number of carboxylic acid groups (broad SMARTS) is 1. The van der Waals surface area contributed by atoms with Gasteiger partial charge in [-0.1, -0.05) is 42.5 Å². The summed E-state index contributed by atoms with van der Waals surface area (Å²) >= 11 is 4.36. The molecule has 4 aromatic rings. The predicted molar refractivity (Wildman–Crippen MR) is 131 cm³/mol. The Morgan fingerprint density at radius 3 is 2.47 bits per heavy atom. The number of rotatable bonds is 10. The molecule has 0 bridgehead atoms. The van der Waals surface area contributed by atoms with E-state index in [1.807, 2.05) is 36.4 Å². The summed E-state index contributed by atoms with van der Waals surface area (Å²) in [4.78, 5) is 15.5. The number of benzene rings is 3. The van der Waals surface area contributed by atoms with Crippen LogP contribution in [0.2, 0.25) is 0 Å². The van der Waals surface area contributed by atoms with Gasteiger partial charge in [-0.2, -0.15) is 12.6 Å². The quantitative estimate of drug-likeness (QED) is 0.227. The van der Waals surface area contributed by atoms with Gasteiger partial charge in [-0.25, -0.2) is 4.98 Å². The molecule has 5 nitrogen and oxygen atoms in total. The molecule has 4 rings (SSSR count). The van der Waals surface area contributed by atoms with Crippen LogP contribution in [-0.2, 0) is 10.5 Å². The lowest BCUT2D eigenvalue weighted by Crippen LogP contribution is -1.99.